The van der Waals surface area contributed by atoms with Crippen molar-refractivity contribution in [2.24, 2.45) is 0 Å². The van der Waals surface area contributed by atoms with Gasteiger partial charge in [0.2, 0.25) is 0 Å². The first-order valence-electron chi connectivity index (χ1n) is 12.3. The van der Waals surface area contributed by atoms with Crippen molar-refractivity contribution in [2.75, 3.05) is 11.9 Å². The van der Waals surface area contributed by atoms with Crippen LogP contribution in [0.2, 0.25) is 0 Å². The van der Waals surface area contributed by atoms with Gasteiger partial charge in [0, 0.05) is 36.0 Å². The van der Waals surface area contributed by atoms with Gasteiger partial charge in [-0.2, -0.15) is 13.2 Å². The summed E-state index contributed by atoms with van der Waals surface area (Å²) in [6.07, 6.45) is -5.35. The molecule has 1 aliphatic carbocycles. The maximum absolute atomic E-state index is 14.2. The number of alkyl halides is 5. The summed E-state index contributed by atoms with van der Waals surface area (Å²) in [5.41, 5.74) is -1.01. The van der Waals surface area contributed by atoms with Gasteiger partial charge in [0.15, 0.2) is 5.01 Å². The molecule has 0 spiro atoms. The summed E-state index contributed by atoms with van der Waals surface area (Å²) in [7, 11) is 0. The van der Waals surface area contributed by atoms with Crippen LogP contribution >= 0.6 is 11.3 Å². The Labute approximate surface area is 219 Å². The first kappa shape index (κ1) is 28.1. The summed E-state index contributed by atoms with van der Waals surface area (Å²) in [4.78, 5) is 36.0. The molecule has 2 amide bonds. The number of pyridine rings is 1. The lowest BCUT2D eigenvalue weighted by atomic mass is 9.89. The summed E-state index contributed by atoms with van der Waals surface area (Å²) in [6, 6.07) is -1.54. The molecule has 2 aromatic heterocycles. The summed E-state index contributed by atoms with van der Waals surface area (Å²) in [6.45, 7) is 3.60. The number of hydrogen-bond donors (Lipinski definition) is 3. The summed E-state index contributed by atoms with van der Waals surface area (Å²) in [5.74, 6) is -1.52. The fourth-order valence-corrected chi connectivity index (χ4v) is 5.57. The number of hydrogen-bond acceptors (Lipinski definition) is 7. The van der Waals surface area contributed by atoms with Crippen molar-refractivity contribution >= 4 is 29.0 Å². The van der Waals surface area contributed by atoms with Crippen molar-refractivity contribution in [3.05, 3.63) is 28.5 Å². The number of aliphatic hydroxyl groups is 1. The summed E-state index contributed by atoms with van der Waals surface area (Å²) < 4.78 is 68.0. The van der Waals surface area contributed by atoms with Gasteiger partial charge in [-0.3, -0.25) is 9.59 Å². The highest BCUT2D eigenvalue weighted by Crippen LogP contribution is 2.39. The van der Waals surface area contributed by atoms with Crippen LogP contribution in [0.25, 0.3) is 10.4 Å². The second-order valence-electron chi connectivity index (χ2n) is 9.59. The Morgan fingerprint density at radius 3 is 2.55 bits per heavy atom. The molecule has 2 aliphatic rings. The molecular weight excluding hydrogens is 533 g/mol. The van der Waals surface area contributed by atoms with Crippen molar-refractivity contribution in [2.45, 2.75) is 82.8 Å². The monoisotopic (exact) mass is 561 g/mol. The zero-order valence-electron chi connectivity index (χ0n) is 20.7. The van der Waals surface area contributed by atoms with E-state index in [1.165, 1.54) is 6.92 Å². The van der Waals surface area contributed by atoms with Crippen LogP contribution in [0.1, 0.15) is 78.2 Å². The second-order valence-corrected chi connectivity index (χ2v) is 10.6. The number of nitrogens with one attached hydrogen (secondary N) is 2. The smallest absolute Gasteiger partial charge is 0.393 e. The van der Waals surface area contributed by atoms with Crippen molar-refractivity contribution in [1.29, 1.82) is 0 Å². The highest BCUT2D eigenvalue weighted by Gasteiger charge is 2.39. The van der Waals surface area contributed by atoms with Crippen molar-refractivity contribution in [3.8, 4) is 10.4 Å². The maximum Gasteiger partial charge on any atom is 0.408 e. The van der Waals surface area contributed by atoms with Gasteiger partial charge in [-0.1, -0.05) is 6.92 Å². The number of anilines is 1. The number of aliphatic hydroxyl groups excluding tert-OH is 1. The average Bonchev–Trinajstić information content (AvgIpc) is 3.47. The minimum absolute atomic E-state index is 0.00916. The molecule has 2 atom stereocenters. The molecule has 1 saturated heterocycles. The van der Waals surface area contributed by atoms with Crippen molar-refractivity contribution in [1.82, 2.24) is 20.2 Å². The molecule has 0 aromatic carbocycles. The molecule has 208 valence electrons. The average molecular weight is 562 g/mol. The Balaban J connectivity index is 1.73. The number of carbonyl (C=O) groups is 2. The minimum Gasteiger partial charge on any atom is -0.393 e. The third kappa shape index (κ3) is 5.90. The predicted octanol–water partition coefficient (Wildman–Crippen LogP) is 4.77. The molecule has 8 nitrogen and oxygen atoms in total. The molecule has 38 heavy (non-hydrogen) atoms. The molecule has 1 saturated carbocycles. The van der Waals surface area contributed by atoms with E-state index < -0.39 is 42.1 Å². The van der Waals surface area contributed by atoms with E-state index in [2.05, 4.69) is 20.6 Å². The van der Waals surface area contributed by atoms with Gasteiger partial charge < -0.3 is 20.6 Å². The molecule has 0 bridgehead atoms. The zero-order valence-corrected chi connectivity index (χ0v) is 21.5. The molecule has 3 N–H and O–H groups in total. The van der Waals surface area contributed by atoms with E-state index in [4.69, 9.17) is 0 Å². The molecule has 2 aromatic rings. The Kier molecular flexibility index (Phi) is 8.21. The third-order valence-electron chi connectivity index (χ3n) is 6.83. The van der Waals surface area contributed by atoms with Crippen molar-refractivity contribution < 1.29 is 36.6 Å². The van der Waals surface area contributed by atoms with Crippen LogP contribution in [-0.2, 0) is 0 Å². The van der Waals surface area contributed by atoms with Crippen LogP contribution < -0.4 is 10.6 Å². The minimum atomic E-state index is -4.61. The lowest BCUT2D eigenvalue weighted by molar-refractivity contribution is -0.142. The van der Waals surface area contributed by atoms with Gasteiger partial charge >= 0.3 is 6.18 Å². The number of aromatic nitrogens is 2. The lowest BCUT2D eigenvalue weighted by Gasteiger charge is -2.31. The van der Waals surface area contributed by atoms with Crippen LogP contribution in [0.5, 0.6) is 0 Å². The van der Waals surface area contributed by atoms with E-state index in [-0.39, 0.29) is 45.5 Å². The van der Waals surface area contributed by atoms with Crippen LogP contribution in [-0.4, -0.2) is 68.7 Å². The van der Waals surface area contributed by atoms with Crippen LogP contribution in [0.3, 0.4) is 0 Å². The van der Waals surface area contributed by atoms with Gasteiger partial charge in [-0.15, -0.1) is 11.3 Å². The Hall–Kier alpha value is -2.87. The number of likely N-dealkylation sites (tertiary alicyclic amines) is 1. The second kappa shape index (κ2) is 11.1. The number of halogens is 5. The van der Waals surface area contributed by atoms with Gasteiger partial charge in [0.25, 0.3) is 18.2 Å². The first-order chi connectivity index (χ1) is 17.9. The SMILES string of the molecule is CC[C@H](Nc1cc(C(F)F)c(-c2sc(C(=O)NC3CC(O)C3)nc2C(=O)N2CCC[C@@H]2C)cn1)C(F)(F)F. The molecule has 4 rings (SSSR count). The van der Waals surface area contributed by atoms with E-state index in [1.54, 1.807) is 4.90 Å². The summed E-state index contributed by atoms with van der Waals surface area (Å²) in [5, 5.41) is 14.2. The van der Waals surface area contributed by atoms with Crippen LogP contribution in [0, 0.1) is 0 Å². The fourth-order valence-electron chi connectivity index (χ4n) is 4.58. The largest absolute Gasteiger partial charge is 0.408 e. The number of amides is 2. The number of nitrogens with zero attached hydrogens (tertiary/aromatic N) is 3. The van der Waals surface area contributed by atoms with Gasteiger partial charge in [0.05, 0.1) is 11.0 Å². The van der Waals surface area contributed by atoms with E-state index in [1.807, 2.05) is 6.92 Å². The number of rotatable bonds is 8. The van der Waals surface area contributed by atoms with E-state index in [0.717, 1.165) is 36.4 Å². The molecule has 14 heteroatoms. The maximum atomic E-state index is 14.2. The third-order valence-corrected chi connectivity index (χ3v) is 7.91. The lowest BCUT2D eigenvalue weighted by Crippen LogP contribution is -2.46. The van der Waals surface area contributed by atoms with Gasteiger partial charge in [0.1, 0.15) is 17.6 Å². The Morgan fingerprint density at radius 1 is 1.29 bits per heavy atom. The van der Waals surface area contributed by atoms with Gasteiger partial charge in [-0.05, 0) is 45.1 Å². The number of thiazole rings is 1. The van der Waals surface area contributed by atoms with Gasteiger partial charge in [-0.25, -0.2) is 18.7 Å². The van der Waals surface area contributed by atoms with Crippen LogP contribution in [0.4, 0.5) is 27.8 Å². The Morgan fingerprint density at radius 2 is 2.00 bits per heavy atom. The van der Waals surface area contributed by atoms with Crippen molar-refractivity contribution in [3.63, 3.8) is 0 Å². The fraction of sp³-hybridized carbons (Fsp3) is 0.583. The molecule has 0 radical (unpaired) electrons. The normalized spacial score (nSPS) is 22.3. The van der Waals surface area contributed by atoms with E-state index >= 15 is 0 Å². The molecular formula is C24H28F5N5O3S. The highest BCUT2D eigenvalue weighted by atomic mass is 32.1. The first-order valence-corrected chi connectivity index (χ1v) is 13.1. The molecule has 0 unspecified atom stereocenters. The van der Waals surface area contributed by atoms with E-state index in [0.29, 0.717) is 19.4 Å². The van der Waals surface area contributed by atoms with E-state index in [9.17, 15) is 36.6 Å². The zero-order chi connectivity index (χ0) is 27.8. The molecule has 3 heterocycles. The topological polar surface area (TPSA) is 107 Å². The Bertz CT molecular complexity index is 1180. The molecule has 1 aliphatic heterocycles. The molecule has 2 fully saturated rings. The summed E-state index contributed by atoms with van der Waals surface area (Å²) >= 11 is 0.740. The quantitative estimate of drug-likeness (QED) is 0.401. The number of carbonyl (C=O) groups excluding carboxylic acids is 2. The predicted molar refractivity (Wildman–Crippen MR) is 130 cm³/mol. The van der Waals surface area contributed by atoms with Crippen LogP contribution in [0.15, 0.2) is 12.3 Å². The standard InChI is InChI=1S/C24H28F5N5O3S/c1-3-16(24(27,28)29)32-17-9-14(20(25)26)15(10-30-17)19-18(23(37)34-6-4-5-11(34)2)33-22(38-19)21(36)31-12-7-13(35)8-12/h9-13,16,20,35H,3-8H2,1-2H3,(H,30,32)(H,31,36)/t11-,12?,13?,16-/m0/s1. The highest BCUT2D eigenvalue weighted by molar-refractivity contribution is 7.17.